The van der Waals surface area contributed by atoms with Gasteiger partial charge in [0, 0.05) is 11.8 Å². The van der Waals surface area contributed by atoms with E-state index < -0.39 is 5.41 Å². The van der Waals surface area contributed by atoms with Gasteiger partial charge >= 0.3 is 0 Å². The summed E-state index contributed by atoms with van der Waals surface area (Å²) < 4.78 is 11.8. The smallest absolute Gasteiger partial charge is 0.225 e. The van der Waals surface area contributed by atoms with Crippen LogP contribution in [-0.4, -0.2) is 9.97 Å². The van der Waals surface area contributed by atoms with Gasteiger partial charge in [-0.3, -0.25) is 4.98 Å². The second kappa shape index (κ2) is 9.96. The van der Waals surface area contributed by atoms with Crippen LogP contribution in [0.3, 0.4) is 0 Å². The Bertz CT molecular complexity index is 1490. The molecule has 0 radical (unpaired) electrons. The van der Waals surface area contributed by atoms with E-state index in [1.807, 2.05) is 66.9 Å². The van der Waals surface area contributed by atoms with Crippen LogP contribution in [-0.2, 0) is 5.41 Å². The van der Waals surface area contributed by atoms with Gasteiger partial charge in [0.2, 0.25) is 5.89 Å². The van der Waals surface area contributed by atoms with Gasteiger partial charge in [-0.25, -0.2) is 4.98 Å². The minimum Gasteiger partial charge on any atom is -0.457 e. The first kappa shape index (κ1) is 22.5. The van der Waals surface area contributed by atoms with E-state index in [0.29, 0.717) is 11.6 Å². The van der Waals surface area contributed by atoms with E-state index in [0.717, 1.165) is 33.7 Å². The molecule has 4 aromatic carbocycles. The van der Waals surface area contributed by atoms with E-state index in [4.69, 9.17) is 14.1 Å². The Morgan fingerprint density at radius 1 is 0.541 bits per heavy atom. The van der Waals surface area contributed by atoms with Gasteiger partial charge in [0.15, 0.2) is 0 Å². The molecule has 0 aliphatic rings. The van der Waals surface area contributed by atoms with Gasteiger partial charge in [0.25, 0.3) is 0 Å². The van der Waals surface area contributed by atoms with Crippen molar-refractivity contribution >= 4 is 0 Å². The van der Waals surface area contributed by atoms with Gasteiger partial charge in [-0.05, 0) is 59.2 Å². The van der Waals surface area contributed by atoms with Crippen molar-refractivity contribution in [3.63, 3.8) is 0 Å². The Balaban J connectivity index is 1.50. The van der Waals surface area contributed by atoms with Crippen molar-refractivity contribution in [2.75, 3.05) is 0 Å². The van der Waals surface area contributed by atoms with Gasteiger partial charge in [-0.15, -0.1) is 0 Å². The largest absolute Gasteiger partial charge is 0.457 e. The predicted molar refractivity (Wildman–Crippen MR) is 145 cm³/mol. The lowest BCUT2D eigenvalue weighted by atomic mass is 9.67. The van der Waals surface area contributed by atoms with Crippen molar-refractivity contribution in [1.82, 2.24) is 9.97 Å². The maximum Gasteiger partial charge on any atom is 0.225 e. The molecule has 0 bridgehead atoms. The summed E-state index contributed by atoms with van der Waals surface area (Å²) in [5, 5.41) is 0. The Hall–Kier alpha value is -4.96. The first-order valence-electron chi connectivity index (χ1n) is 12.1. The molecule has 0 fully saturated rings. The van der Waals surface area contributed by atoms with Crippen LogP contribution in [0.4, 0.5) is 0 Å². The second-order valence-electron chi connectivity index (χ2n) is 8.69. The lowest BCUT2D eigenvalue weighted by molar-refractivity contribution is 0.480. The van der Waals surface area contributed by atoms with Crippen molar-refractivity contribution in [2.45, 2.75) is 5.41 Å². The van der Waals surface area contributed by atoms with E-state index in [2.05, 4.69) is 71.7 Å². The standard InChI is InChI=1S/C33H24N2O2/c1-3-12-26(13-4-1)33(27-14-5-2-6-15-27,31-19-7-8-20-34-31)28-16-10-18-30(24-28)37-29-17-9-11-25(23-29)32-35-21-22-36-32/h1-24H. The molecule has 4 nitrogen and oxygen atoms in total. The molecule has 0 aliphatic carbocycles. The maximum absolute atomic E-state index is 6.37. The third-order valence-electron chi connectivity index (χ3n) is 6.48. The van der Waals surface area contributed by atoms with E-state index in [1.54, 1.807) is 12.5 Å². The lowest BCUT2D eigenvalue weighted by Gasteiger charge is -2.35. The van der Waals surface area contributed by atoms with Crippen molar-refractivity contribution in [3.8, 4) is 23.0 Å². The number of aromatic nitrogens is 2. The van der Waals surface area contributed by atoms with E-state index in [9.17, 15) is 0 Å². The molecule has 0 atom stereocenters. The normalized spacial score (nSPS) is 11.2. The van der Waals surface area contributed by atoms with Crippen molar-refractivity contribution in [2.24, 2.45) is 0 Å². The monoisotopic (exact) mass is 480 g/mol. The number of oxazole rings is 1. The first-order chi connectivity index (χ1) is 18.3. The van der Waals surface area contributed by atoms with E-state index in [1.165, 1.54) is 0 Å². The number of nitrogens with zero attached hydrogens (tertiary/aromatic N) is 2. The van der Waals surface area contributed by atoms with Crippen molar-refractivity contribution in [1.29, 1.82) is 0 Å². The van der Waals surface area contributed by atoms with Crippen LogP contribution < -0.4 is 4.74 Å². The van der Waals surface area contributed by atoms with Crippen LogP contribution in [0.2, 0.25) is 0 Å². The third kappa shape index (κ3) is 4.30. The van der Waals surface area contributed by atoms with Crippen molar-refractivity contribution in [3.05, 3.63) is 168 Å². The predicted octanol–water partition coefficient (Wildman–Crippen LogP) is 7.91. The molecular formula is C33H24N2O2. The molecule has 0 unspecified atom stereocenters. The summed E-state index contributed by atoms with van der Waals surface area (Å²) in [5.41, 5.74) is 4.48. The lowest BCUT2D eigenvalue weighted by Crippen LogP contribution is -2.32. The minimum atomic E-state index is -0.636. The topological polar surface area (TPSA) is 48.2 Å². The average Bonchev–Trinajstić information content (AvgIpc) is 3.51. The van der Waals surface area contributed by atoms with Crippen LogP contribution in [0.25, 0.3) is 11.5 Å². The summed E-state index contributed by atoms with van der Waals surface area (Å²) >= 11 is 0. The molecule has 2 aromatic heterocycles. The molecular weight excluding hydrogens is 456 g/mol. The Morgan fingerprint density at radius 2 is 1.19 bits per heavy atom. The first-order valence-corrected chi connectivity index (χ1v) is 12.1. The van der Waals surface area contributed by atoms with E-state index in [-0.39, 0.29) is 0 Å². The number of rotatable bonds is 7. The van der Waals surface area contributed by atoms with Crippen molar-refractivity contribution < 1.29 is 9.15 Å². The molecule has 0 aliphatic heterocycles. The Morgan fingerprint density at radius 3 is 1.84 bits per heavy atom. The zero-order valence-electron chi connectivity index (χ0n) is 20.1. The fourth-order valence-corrected chi connectivity index (χ4v) is 4.89. The highest BCUT2D eigenvalue weighted by atomic mass is 16.5. The van der Waals surface area contributed by atoms with Crippen LogP contribution >= 0.6 is 0 Å². The summed E-state index contributed by atoms with van der Waals surface area (Å²) in [7, 11) is 0. The highest BCUT2D eigenvalue weighted by molar-refractivity contribution is 5.60. The molecule has 0 saturated carbocycles. The SMILES string of the molecule is c1ccc(C(c2ccccc2)(c2cccc(Oc3cccc(-c4ncco4)c3)c2)c2ccccn2)cc1. The molecule has 0 amide bonds. The molecule has 0 N–H and O–H groups in total. The average molecular weight is 481 g/mol. The summed E-state index contributed by atoms with van der Waals surface area (Å²) in [6.07, 6.45) is 5.05. The number of ether oxygens (including phenoxy) is 1. The van der Waals surface area contributed by atoms with Crippen LogP contribution in [0, 0.1) is 0 Å². The van der Waals surface area contributed by atoms with Crippen LogP contribution in [0.1, 0.15) is 22.4 Å². The zero-order valence-corrected chi connectivity index (χ0v) is 20.1. The molecule has 37 heavy (non-hydrogen) atoms. The molecule has 0 spiro atoms. The molecule has 0 saturated heterocycles. The minimum absolute atomic E-state index is 0.557. The fraction of sp³-hybridized carbons (Fsp3) is 0.0303. The highest BCUT2D eigenvalue weighted by Gasteiger charge is 2.39. The summed E-state index contributed by atoms with van der Waals surface area (Å²) in [4.78, 5) is 9.13. The summed E-state index contributed by atoms with van der Waals surface area (Å²) in [6, 6.07) is 43.1. The third-order valence-corrected chi connectivity index (χ3v) is 6.48. The van der Waals surface area contributed by atoms with Crippen LogP contribution in [0.5, 0.6) is 11.5 Å². The van der Waals surface area contributed by atoms with Gasteiger partial charge in [0.05, 0.1) is 17.3 Å². The van der Waals surface area contributed by atoms with Crippen LogP contribution in [0.15, 0.2) is 150 Å². The molecule has 178 valence electrons. The highest BCUT2D eigenvalue weighted by Crippen LogP contribution is 2.45. The van der Waals surface area contributed by atoms with Gasteiger partial charge in [-0.1, -0.05) is 84.9 Å². The fourth-order valence-electron chi connectivity index (χ4n) is 4.89. The summed E-state index contributed by atoms with van der Waals surface area (Å²) in [6.45, 7) is 0. The van der Waals surface area contributed by atoms with Gasteiger partial charge in [0.1, 0.15) is 17.8 Å². The number of hydrogen-bond donors (Lipinski definition) is 0. The number of benzene rings is 4. The Labute approximate surface area is 215 Å². The molecule has 4 heteroatoms. The Kier molecular flexibility index (Phi) is 6.05. The molecule has 6 aromatic rings. The number of pyridine rings is 1. The zero-order chi connectivity index (χ0) is 24.9. The molecule has 2 heterocycles. The number of hydrogen-bond acceptors (Lipinski definition) is 4. The maximum atomic E-state index is 6.37. The summed E-state index contributed by atoms with van der Waals surface area (Å²) in [5.74, 6) is 1.99. The van der Waals surface area contributed by atoms with Gasteiger partial charge < -0.3 is 9.15 Å². The van der Waals surface area contributed by atoms with E-state index >= 15 is 0 Å². The second-order valence-corrected chi connectivity index (χ2v) is 8.69. The van der Waals surface area contributed by atoms with Gasteiger partial charge in [-0.2, -0.15) is 0 Å². The molecule has 6 rings (SSSR count). The quantitative estimate of drug-likeness (QED) is 0.218.